The molecule has 0 aromatic heterocycles. The standard InChI is InChI=1S/C37H41NO6/c1-39-37-22-23-44-38(24-29-14-6-2-7-15-29)36(37)35(42-27-32-20-12-5-13-21-32)34(41-26-31-18-10-4-11-19-31)33(28-43-37)40-25-30-16-8-3-9-17-30/h2-21,33-36H,22-28H2,1H3/t33-,34+,35-,36+,37+/m1/s1. The van der Waals surface area contributed by atoms with Crippen molar-refractivity contribution in [2.24, 2.45) is 0 Å². The van der Waals surface area contributed by atoms with Gasteiger partial charge in [-0.3, -0.25) is 4.84 Å². The van der Waals surface area contributed by atoms with E-state index in [4.69, 9.17) is 28.5 Å². The Morgan fingerprint density at radius 2 is 1.11 bits per heavy atom. The molecule has 44 heavy (non-hydrogen) atoms. The molecule has 230 valence electrons. The Hall–Kier alpha value is -3.40. The SMILES string of the molecule is CO[C@]12CCON(Cc3ccccc3)[C@H]1[C@H](OCc1ccccc1)[C@@H](OCc1ccccc1)[C@H](OCc1ccccc1)CO2. The molecule has 4 aromatic rings. The molecule has 0 saturated carbocycles. The molecule has 0 spiro atoms. The van der Waals surface area contributed by atoms with Crippen LogP contribution in [0.4, 0.5) is 0 Å². The van der Waals surface area contributed by atoms with Crippen LogP contribution in [0.3, 0.4) is 0 Å². The third-order valence-electron chi connectivity index (χ3n) is 8.37. The molecule has 7 heteroatoms. The van der Waals surface area contributed by atoms with Crippen molar-refractivity contribution >= 4 is 0 Å². The van der Waals surface area contributed by atoms with Crippen LogP contribution in [-0.4, -0.2) is 55.5 Å². The number of methoxy groups -OCH3 is 1. The maximum Gasteiger partial charge on any atom is 0.190 e. The maximum absolute atomic E-state index is 6.91. The normalized spacial score (nSPS) is 25.7. The van der Waals surface area contributed by atoms with Gasteiger partial charge in [0, 0.05) is 20.1 Å². The number of rotatable bonds is 12. The predicted molar refractivity (Wildman–Crippen MR) is 167 cm³/mol. The third-order valence-corrected chi connectivity index (χ3v) is 8.37. The van der Waals surface area contributed by atoms with Crippen LogP contribution in [0.5, 0.6) is 0 Å². The van der Waals surface area contributed by atoms with E-state index in [1.165, 1.54) is 0 Å². The predicted octanol–water partition coefficient (Wildman–Crippen LogP) is 6.32. The van der Waals surface area contributed by atoms with E-state index in [9.17, 15) is 0 Å². The minimum absolute atomic E-state index is 0.279. The number of fused-ring (bicyclic) bond motifs is 1. The van der Waals surface area contributed by atoms with Gasteiger partial charge in [0.15, 0.2) is 5.79 Å². The first-order valence-electron chi connectivity index (χ1n) is 15.3. The molecule has 6 rings (SSSR count). The van der Waals surface area contributed by atoms with Crippen LogP contribution in [0.2, 0.25) is 0 Å². The molecular formula is C37H41NO6. The molecule has 0 radical (unpaired) electrons. The summed E-state index contributed by atoms with van der Waals surface area (Å²) in [4.78, 5) is 6.39. The summed E-state index contributed by atoms with van der Waals surface area (Å²) in [6, 6.07) is 40.4. The summed E-state index contributed by atoms with van der Waals surface area (Å²) in [6.07, 6.45) is -0.909. The average Bonchev–Trinajstić information content (AvgIpc) is 3.22. The lowest BCUT2D eigenvalue weighted by Crippen LogP contribution is -2.65. The summed E-state index contributed by atoms with van der Waals surface area (Å²) in [5.74, 6) is -0.992. The van der Waals surface area contributed by atoms with E-state index in [1.807, 2.05) is 77.9 Å². The molecular weight excluding hydrogens is 554 g/mol. The molecule has 2 saturated heterocycles. The zero-order valence-corrected chi connectivity index (χ0v) is 25.2. The van der Waals surface area contributed by atoms with Crippen LogP contribution in [-0.2, 0) is 54.9 Å². The van der Waals surface area contributed by atoms with Gasteiger partial charge in [-0.05, 0) is 22.3 Å². The van der Waals surface area contributed by atoms with Crippen LogP contribution >= 0.6 is 0 Å². The smallest absolute Gasteiger partial charge is 0.190 e. The van der Waals surface area contributed by atoms with Gasteiger partial charge in [0.1, 0.15) is 24.4 Å². The molecule has 2 heterocycles. The Bertz CT molecular complexity index is 1390. The van der Waals surface area contributed by atoms with Crippen LogP contribution in [0.25, 0.3) is 0 Å². The Labute approximate surface area is 260 Å². The molecule has 2 aliphatic rings. The highest BCUT2D eigenvalue weighted by Crippen LogP contribution is 2.40. The molecule has 0 amide bonds. The minimum atomic E-state index is -0.992. The van der Waals surface area contributed by atoms with Crippen molar-refractivity contribution in [1.82, 2.24) is 5.06 Å². The summed E-state index contributed by atoms with van der Waals surface area (Å²) < 4.78 is 33.4. The second kappa shape index (κ2) is 15.1. The fraction of sp³-hybridized carbons (Fsp3) is 0.351. The fourth-order valence-electron chi connectivity index (χ4n) is 6.06. The maximum atomic E-state index is 6.91. The summed E-state index contributed by atoms with van der Waals surface area (Å²) in [6.45, 7) is 2.47. The molecule has 0 N–H and O–H groups in total. The highest BCUT2D eigenvalue weighted by Gasteiger charge is 2.58. The first kappa shape index (κ1) is 30.6. The lowest BCUT2D eigenvalue weighted by molar-refractivity contribution is -0.366. The molecule has 0 bridgehead atoms. The van der Waals surface area contributed by atoms with Crippen molar-refractivity contribution in [2.75, 3.05) is 20.3 Å². The molecule has 2 fully saturated rings. The summed E-state index contributed by atoms with van der Waals surface area (Å²) >= 11 is 0. The van der Waals surface area contributed by atoms with E-state index < -0.39 is 30.1 Å². The Kier molecular flexibility index (Phi) is 10.5. The fourth-order valence-corrected chi connectivity index (χ4v) is 6.06. The van der Waals surface area contributed by atoms with Gasteiger partial charge in [0.25, 0.3) is 0 Å². The van der Waals surface area contributed by atoms with Gasteiger partial charge in [0.2, 0.25) is 0 Å². The summed E-state index contributed by atoms with van der Waals surface area (Å²) in [5, 5.41) is 1.97. The zero-order valence-electron chi connectivity index (χ0n) is 25.2. The van der Waals surface area contributed by atoms with Crippen LogP contribution in [0.15, 0.2) is 121 Å². The van der Waals surface area contributed by atoms with Gasteiger partial charge >= 0.3 is 0 Å². The van der Waals surface area contributed by atoms with Crippen molar-refractivity contribution in [3.05, 3.63) is 144 Å². The van der Waals surface area contributed by atoms with Crippen molar-refractivity contribution < 1.29 is 28.5 Å². The first-order valence-corrected chi connectivity index (χ1v) is 15.3. The van der Waals surface area contributed by atoms with E-state index in [0.29, 0.717) is 39.4 Å². The van der Waals surface area contributed by atoms with Crippen LogP contribution in [0, 0.1) is 0 Å². The summed E-state index contributed by atoms with van der Waals surface area (Å²) in [7, 11) is 1.71. The molecule has 4 aromatic carbocycles. The van der Waals surface area contributed by atoms with Gasteiger partial charge in [-0.15, -0.1) is 0 Å². The topological polar surface area (TPSA) is 58.6 Å². The van der Waals surface area contributed by atoms with Crippen molar-refractivity contribution in [2.45, 2.75) is 62.9 Å². The van der Waals surface area contributed by atoms with Crippen molar-refractivity contribution in [3.63, 3.8) is 0 Å². The van der Waals surface area contributed by atoms with Gasteiger partial charge in [-0.2, -0.15) is 5.06 Å². The molecule has 2 aliphatic heterocycles. The van der Waals surface area contributed by atoms with Gasteiger partial charge in [-0.25, -0.2) is 0 Å². The number of benzene rings is 4. The van der Waals surface area contributed by atoms with Crippen molar-refractivity contribution in [1.29, 1.82) is 0 Å². The monoisotopic (exact) mass is 595 g/mol. The van der Waals surface area contributed by atoms with Gasteiger partial charge in [0.05, 0.1) is 33.0 Å². The number of nitrogens with zero attached hydrogens (tertiary/aromatic N) is 1. The second-order valence-corrected chi connectivity index (χ2v) is 11.3. The van der Waals surface area contributed by atoms with Crippen LogP contribution < -0.4 is 0 Å². The average molecular weight is 596 g/mol. The first-order chi connectivity index (χ1) is 21.7. The van der Waals surface area contributed by atoms with Gasteiger partial charge < -0.3 is 23.7 Å². The van der Waals surface area contributed by atoms with E-state index in [2.05, 4.69) is 48.5 Å². The Morgan fingerprint density at radius 3 is 1.64 bits per heavy atom. The quantitative estimate of drug-likeness (QED) is 0.190. The molecule has 5 atom stereocenters. The van der Waals surface area contributed by atoms with Crippen molar-refractivity contribution in [3.8, 4) is 0 Å². The van der Waals surface area contributed by atoms with E-state index >= 15 is 0 Å². The molecule has 0 aliphatic carbocycles. The molecule has 7 nitrogen and oxygen atoms in total. The molecule has 0 unspecified atom stereocenters. The highest BCUT2D eigenvalue weighted by atomic mass is 16.7. The Balaban J connectivity index is 1.37. The lowest BCUT2D eigenvalue weighted by Gasteiger charge is -2.49. The number of hydrogen-bond acceptors (Lipinski definition) is 7. The lowest BCUT2D eigenvalue weighted by atomic mass is 9.91. The summed E-state index contributed by atoms with van der Waals surface area (Å²) in [5.41, 5.74) is 4.33. The minimum Gasteiger partial charge on any atom is -0.369 e. The highest BCUT2D eigenvalue weighted by molar-refractivity contribution is 5.17. The van der Waals surface area contributed by atoms with E-state index in [1.54, 1.807) is 7.11 Å². The largest absolute Gasteiger partial charge is 0.369 e. The second-order valence-electron chi connectivity index (χ2n) is 11.3. The number of hydroxylamine groups is 2. The third kappa shape index (κ3) is 7.45. The Morgan fingerprint density at radius 1 is 0.636 bits per heavy atom. The van der Waals surface area contributed by atoms with Gasteiger partial charge in [-0.1, -0.05) is 121 Å². The number of ether oxygens (including phenoxy) is 5. The van der Waals surface area contributed by atoms with E-state index in [-0.39, 0.29) is 6.61 Å². The van der Waals surface area contributed by atoms with Crippen LogP contribution in [0.1, 0.15) is 28.7 Å². The number of hydrogen-bond donors (Lipinski definition) is 0. The zero-order chi connectivity index (χ0) is 30.0. The van der Waals surface area contributed by atoms with E-state index in [0.717, 1.165) is 22.3 Å².